The van der Waals surface area contributed by atoms with E-state index in [9.17, 15) is 9.90 Å². The predicted molar refractivity (Wildman–Crippen MR) is 80.2 cm³/mol. The van der Waals surface area contributed by atoms with E-state index >= 15 is 0 Å². The van der Waals surface area contributed by atoms with Gasteiger partial charge in [-0.25, -0.2) is 0 Å². The van der Waals surface area contributed by atoms with E-state index in [2.05, 4.69) is 27.7 Å². The van der Waals surface area contributed by atoms with Crippen molar-refractivity contribution in [1.82, 2.24) is 0 Å². The lowest BCUT2D eigenvalue weighted by molar-refractivity contribution is -0.152. The number of hydrogen-bond donors (Lipinski definition) is 1. The lowest BCUT2D eigenvalue weighted by Crippen LogP contribution is -2.36. The molecular weight excluding hydrogens is 236 g/mol. The van der Waals surface area contributed by atoms with Crippen molar-refractivity contribution in [1.29, 1.82) is 0 Å². The van der Waals surface area contributed by atoms with Crippen LogP contribution in [-0.4, -0.2) is 11.1 Å². The molecule has 1 N–H and O–H groups in total. The number of unbranched alkanes of at least 4 members (excludes halogenated alkanes) is 1. The molecule has 0 bridgehead atoms. The monoisotopic (exact) mass is 268 g/mol. The van der Waals surface area contributed by atoms with Crippen molar-refractivity contribution in [3.63, 3.8) is 0 Å². The highest BCUT2D eigenvalue weighted by Crippen LogP contribution is 2.45. The van der Waals surface area contributed by atoms with Crippen LogP contribution in [0.1, 0.15) is 85.5 Å². The number of carbonyl (C=O) groups is 1. The summed E-state index contributed by atoms with van der Waals surface area (Å²) < 4.78 is 0. The fourth-order valence-corrected chi connectivity index (χ4v) is 3.20. The fraction of sp³-hybridized carbons (Fsp3) is 0.941. The summed E-state index contributed by atoms with van der Waals surface area (Å²) in [6.45, 7) is 8.84. The molecule has 0 aliphatic heterocycles. The fourth-order valence-electron chi connectivity index (χ4n) is 3.20. The Morgan fingerprint density at radius 3 is 2.26 bits per heavy atom. The first-order valence-electron chi connectivity index (χ1n) is 8.02. The SMILES string of the molecule is CCCCC1CCC(CCC(C)(C)C)(C(=O)O)CC1. The van der Waals surface area contributed by atoms with E-state index < -0.39 is 11.4 Å². The molecule has 0 saturated heterocycles. The maximum atomic E-state index is 11.7. The van der Waals surface area contributed by atoms with Gasteiger partial charge >= 0.3 is 5.97 Å². The van der Waals surface area contributed by atoms with Gasteiger partial charge < -0.3 is 5.11 Å². The molecule has 1 aliphatic carbocycles. The Morgan fingerprint density at radius 1 is 1.26 bits per heavy atom. The molecule has 0 aromatic rings. The quantitative estimate of drug-likeness (QED) is 0.713. The zero-order chi connectivity index (χ0) is 14.5. The van der Waals surface area contributed by atoms with Crippen LogP contribution in [0.5, 0.6) is 0 Å². The standard InChI is InChI=1S/C17H32O2/c1-5-6-7-14-8-10-17(11-9-14,15(18)19)13-12-16(2,3)4/h14H,5-13H2,1-4H3,(H,18,19). The number of carboxylic acids is 1. The van der Waals surface area contributed by atoms with Crippen LogP contribution in [-0.2, 0) is 4.79 Å². The Hall–Kier alpha value is -0.530. The highest BCUT2D eigenvalue weighted by atomic mass is 16.4. The van der Waals surface area contributed by atoms with Gasteiger partial charge in [0.1, 0.15) is 0 Å². The van der Waals surface area contributed by atoms with Gasteiger partial charge in [0.25, 0.3) is 0 Å². The lowest BCUT2D eigenvalue weighted by Gasteiger charge is -2.38. The zero-order valence-electron chi connectivity index (χ0n) is 13.3. The molecule has 0 radical (unpaired) electrons. The first-order chi connectivity index (χ1) is 8.79. The maximum absolute atomic E-state index is 11.7. The summed E-state index contributed by atoms with van der Waals surface area (Å²) in [5, 5.41) is 9.65. The van der Waals surface area contributed by atoms with Crippen molar-refractivity contribution in [3.05, 3.63) is 0 Å². The Balaban J connectivity index is 2.54. The Kier molecular flexibility index (Phi) is 5.88. The van der Waals surface area contributed by atoms with E-state index in [1.807, 2.05) is 0 Å². The van der Waals surface area contributed by atoms with Gasteiger partial charge in [-0.3, -0.25) is 4.79 Å². The van der Waals surface area contributed by atoms with Crippen LogP contribution in [0.2, 0.25) is 0 Å². The largest absolute Gasteiger partial charge is 0.481 e. The third-order valence-electron chi connectivity index (χ3n) is 4.84. The molecule has 0 unspecified atom stereocenters. The molecule has 1 rings (SSSR count). The second-order valence-corrected chi connectivity index (χ2v) is 7.73. The molecule has 0 aromatic heterocycles. The minimum absolute atomic E-state index is 0.238. The Bertz CT molecular complexity index is 280. The van der Waals surface area contributed by atoms with Crippen LogP contribution in [0.3, 0.4) is 0 Å². The van der Waals surface area contributed by atoms with Crippen molar-refractivity contribution in [2.45, 2.75) is 85.5 Å². The molecule has 1 aliphatic rings. The van der Waals surface area contributed by atoms with Gasteiger partial charge in [0, 0.05) is 0 Å². The second-order valence-electron chi connectivity index (χ2n) is 7.73. The molecule has 1 fully saturated rings. The predicted octanol–water partition coefficient (Wildman–Crippen LogP) is 5.26. The van der Waals surface area contributed by atoms with Gasteiger partial charge in [0.05, 0.1) is 5.41 Å². The van der Waals surface area contributed by atoms with Crippen molar-refractivity contribution < 1.29 is 9.90 Å². The topological polar surface area (TPSA) is 37.3 Å². The van der Waals surface area contributed by atoms with Crippen LogP contribution in [0.25, 0.3) is 0 Å². The molecule has 0 atom stereocenters. The van der Waals surface area contributed by atoms with Gasteiger partial charge in [-0.15, -0.1) is 0 Å². The minimum Gasteiger partial charge on any atom is -0.481 e. The smallest absolute Gasteiger partial charge is 0.309 e. The van der Waals surface area contributed by atoms with Crippen LogP contribution in [0, 0.1) is 16.7 Å². The average Bonchev–Trinajstić information content (AvgIpc) is 2.34. The van der Waals surface area contributed by atoms with Crippen molar-refractivity contribution in [2.24, 2.45) is 16.7 Å². The molecule has 0 spiro atoms. The van der Waals surface area contributed by atoms with Crippen LogP contribution in [0.15, 0.2) is 0 Å². The van der Waals surface area contributed by atoms with Crippen LogP contribution in [0.4, 0.5) is 0 Å². The molecule has 0 aromatic carbocycles. The molecule has 0 amide bonds. The third kappa shape index (κ3) is 5.16. The van der Waals surface area contributed by atoms with Crippen molar-refractivity contribution in [2.75, 3.05) is 0 Å². The number of rotatable bonds is 6. The first kappa shape index (κ1) is 16.5. The number of aliphatic carboxylic acids is 1. The third-order valence-corrected chi connectivity index (χ3v) is 4.84. The number of carboxylic acid groups (broad SMARTS) is 1. The zero-order valence-corrected chi connectivity index (χ0v) is 13.3. The molecule has 1 saturated carbocycles. The normalized spacial score (nSPS) is 28.3. The van der Waals surface area contributed by atoms with Gasteiger partial charge in [-0.2, -0.15) is 0 Å². The summed E-state index contributed by atoms with van der Waals surface area (Å²) in [5.41, 5.74) is -0.183. The molecule has 0 heterocycles. The van der Waals surface area contributed by atoms with Gasteiger partial charge in [0.15, 0.2) is 0 Å². The van der Waals surface area contributed by atoms with E-state index in [0.29, 0.717) is 0 Å². The molecule has 2 nitrogen and oxygen atoms in total. The van der Waals surface area contributed by atoms with E-state index in [4.69, 9.17) is 0 Å². The van der Waals surface area contributed by atoms with Gasteiger partial charge in [-0.05, 0) is 49.9 Å². The summed E-state index contributed by atoms with van der Waals surface area (Å²) in [7, 11) is 0. The average molecular weight is 268 g/mol. The van der Waals surface area contributed by atoms with E-state index in [-0.39, 0.29) is 5.41 Å². The summed E-state index contributed by atoms with van der Waals surface area (Å²) in [4.78, 5) is 11.7. The molecule has 19 heavy (non-hydrogen) atoms. The van der Waals surface area contributed by atoms with E-state index in [1.54, 1.807) is 0 Å². The Morgan fingerprint density at radius 2 is 1.84 bits per heavy atom. The minimum atomic E-state index is -0.550. The molecule has 112 valence electrons. The van der Waals surface area contributed by atoms with Crippen molar-refractivity contribution in [3.8, 4) is 0 Å². The van der Waals surface area contributed by atoms with E-state index in [0.717, 1.165) is 44.4 Å². The number of hydrogen-bond acceptors (Lipinski definition) is 1. The lowest BCUT2D eigenvalue weighted by atomic mass is 9.65. The summed E-state index contributed by atoms with van der Waals surface area (Å²) >= 11 is 0. The first-order valence-corrected chi connectivity index (χ1v) is 8.02. The molecule has 2 heteroatoms. The maximum Gasteiger partial charge on any atom is 0.309 e. The van der Waals surface area contributed by atoms with E-state index in [1.165, 1.54) is 19.3 Å². The van der Waals surface area contributed by atoms with Crippen LogP contribution < -0.4 is 0 Å². The Labute approximate surface area is 119 Å². The highest BCUT2D eigenvalue weighted by molar-refractivity contribution is 5.74. The van der Waals surface area contributed by atoms with Crippen molar-refractivity contribution >= 4 is 5.97 Å². The van der Waals surface area contributed by atoms with Crippen LogP contribution >= 0.6 is 0 Å². The van der Waals surface area contributed by atoms with Gasteiger partial charge in [-0.1, -0.05) is 47.0 Å². The second kappa shape index (κ2) is 6.76. The summed E-state index contributed by atoms with van der Waals surface area (Å²) in [5.74, 6) is 0.229. The highest BCUT2D eigenvalue weighted by Gasteiger charge is 2.41. The molecular formula is C17H32O2. The summed E-state index contributed by atoms with van der Waals surface area (Å²) in [6, 6.07) is 0. The van der Waals surface area contributed by atoms with Gasteiger partial charge in [0.2, 0.25) is 0 Å². The summed E-state index contributed by atoms with van der Waals surface area (Å²) in [6.07, 6.45) is 9.75.